The van der Waals surface area contributed by atoms with Crippen LogP contribution < -0.4 is 0 Å². The minimum Gasteiger partial charge on any atom is -0.481 e. The van der Waals surface area contributed by atoms with Gasteiger partial charge in [0.05, 0.1) is 19.0 Å². The number of carbonyl (C=O) groups is 2. The summed E-state index contributed by atoms with van der Waals surface area (Å²) in [5.74, 6) is -1.83. The number of hydrogen-bond acceptors (Lipinski definition) is 8. The fraction of sp³-hybridized carbons (Fsp3) is 0.706. The Balaban J connectivity index is -0.000000135. The monoisotopic (exact) mass is 387 g/mol. The second-order valence-corrected chi connectivity index (χ2v) is 5.53. The predicted octanol–water partition coefficient (Wildman–Crippen LogP) is 2.23. The Labute approximate surface area is 159 Å². The van der Waals surface area contributed by atoms with Crippen molar-refractivity contribution in [2.24, 2.45) is 26.8 Å². The molecule has 0 heterocycles. The zero-order chi connectivity index (χ0) is 22.1. The molecule has 0 unspecified atom stereocenters. The first-order valence-corrected chi connectivity index (χ1v) is 8.15. The van der Waals surface area contributed by atoms with Gasteiger partial charge in [0, 0.05) is 0 Å². The number of aliphatic carboxylic acids is 2. The van der Waals surface area contributed by atoms with E-state index >= 15 is 0 Å². The van der Waals surface area contributed by atoms with Gasteiger partial charge in [-0.15, -0.1) is 0 Å². The fourth-order valence-electron chi connectivity index (χ4n) is 0.635. The van der Waals surface area contributed by atoms with Crippen LogP contribution in [0.1, 0.15) is 47.5 Å². The van der Waals surface area contributed by atoms with Crippen molar-refractivity contribution in [3.8, 4) is 0 Å². The van der Waals surface area contributed by atoms with Gasteiger partial charge in [0.25, 0.3) is 0 Å². The number of rotatable bonds is 8. The highest BCUT2D eigenvalue weighted by atomic mass is 16.4. The van der Waals surface area contributed by atoms with Crippen LogP contribution in [0.5, 0.6) is 0 Å². The third-order valence-corrected chi connectivity index (χ3v) is 1.82. The van der Waals surface area contributed by atoms with Gasteiger partial charge in [-0.3, -0.25) is 9.59 Å². The lowest BCUT2D eigenvalue weighted by atomic mass is 10.2. The predicted molar refractivity (Wildman–Crippen MR) is 98.8 cm³/mol. The average Bonchev–Trinajstić information content (AvgIpc) is 2.58. The first-order chi connectivity index (χ1) is 12.6. The molecule has 0 saturated carbocycles. The smallest absolute Gasteiger partial charge is 0.326 e. The Morgan fingerprint density at radius 3 is 1.59 bits per heavy atom. The molecule has 0 aromatic carbocycles. The molecule has 10 nitrogen and oxygen atoms in total. The molecule has 0 aromatic rings. The van der Waals surface area contributed by atoms with Gasteiger partial charge in [-0.1, -0.05) is 41.0 Å². The van der Waals surface area contributed by atoms with Crippen LogP contribution in [-0.2, 0) is 24.0 Å². The molecule has 0 aliphatic heterocycles. The van der Waals surface area contributed by atoms with E-state index in [0.29, 0.717) is 6.54 Å². The second-order valence-electron chi connectivity index (χ2n) is 5.53. The molecule has 2 N–H and O–H groups in total. The van der Waals surface area contributed by atoms with Crippen molar-refractivity contribution in [3.63, 3.8) is 0 Å². The van der Waals surface area contributed by atoms with Gasteiger partial charge in [0.1, 0.15) is 6.54 Å². The molecule has 0 bridgehead atoms. The molecule has 1 atom stereocenters. The molecule has 10 heteroatoms. The standard InChI is InChI=1S/C5H7NO3.C5H9NO.C4H10.C3H3NO3/c1-4(5(8)9)2-6-3-7;1-2-3-4-6-5-7;1-4(2)3;5-2-4-1-3(6)7/h4H,2H2,1H3,(H,8,9);2-4H2,1H3;4H,1-3H3;1H2,(H,6,7)/t4-;;;/m0.../s1. The summed E-state index contributed by atoms with van der Waals surface area (Å²) in [5, 5.41) is 16.0. The topological polar surface area (TPSA) is 163 Å². The van der Waals surface area contributed by atoms with Gasteiger partial charge in [-0.2, -0.15) is 4.99 Å². The summed E-state index contributed by atoms with van der Waals surface area (Å²) in [6.45, 7) is 10.2. The Morgan fingerprint density at radius 2 is 1.33 bits per heavy atom. The molecule has 0 aliphatic rings. The van der Waals surface area contributed by atoms with Crippen LogP contribution in [0.2, 0.25) is 0 Å². The summed E-state index contributed by atoms with van der Waals surface area (Å²) in [4.78, 5) is 56.7. The number of unbranched alkanes of at least 4 members (excludes halogenated alkanes) is 1. The number of carboxylic acids is 2. The van der Waals surface area contributed by atoms with E-state index in [9.17, 15) is 19.2 Å². The van der Waals surface area contributed by atoms with Crippen molar-refractivity contribution in [1.29, 1.82) is 0 Å². The quantitative estimate of drug-likeness (QED) is 0.366. The highest BCUT2D eigenvalue weighted by Crippen LogP contribution is 1.92. The van der Waals surface area contributed by atoms with E-state index in [0.717, 1.165) is 24.8 Å². The molecule has 0 amide bonds. The van der Waals surface area contributed by atoms with Crippen LogP contribution in [0.4, 0.5) is 0 Å². The van der Waals surface area contributed by atoms with Gasteiger partial charge in [0.15, 0.2) is 0 Å². The summed E-state index contributed by atoms with van der Waals surface area (Å²) in [7, 11) is 0. The highest BCUT2D eigenvalue weighted by Gasteiger charge is 2.08. The Bertz CT molecular complexity index is 514. The Morgan fingerprint density at radius 1 is 0.889 bits per heavy atom. The lowest BCUT2D eigenvalue weighted by molar-refractivity contribution is -0.140. The SMILES string of the molecule is CC(C)C.CCCCN=C=O.C[C@@H](CN=C=O)C(=O)O.O=C=NCC(=O)O. The molecule has 0 aromatic heterocycles. The van der Waals surface area contributed by atoms with Gasteiger partial charge in [-0.05, 0) is 12.3 Å². The minimum atomic E-state index is -1.12. The number of nitrogens with zero attached hydrogens (tertiary/aromatic N) is 3. The largest absolute Gasteiger partial charge is 0.481 e. The second kappa shape index (κ2) is 27.9. The zero-order valence-electron chi connectivity index (χ0n) is 16.5. The normalized spacial score (nSPS) is 8.96. The number of carboxylic acid groups (broad SMARTS) is 2. The molecule has 0 radical (unpaired) electrons. The highest BCUT2D eigenvalue weighted by molar-refractivity contribution is 5.70. The fourth-order valence-corrected chi connectivity index (χ4v) is 0.635. The van der Waals surface area contributed by atoms with Crippen molar-refractivity contribution in [3.05, 3.63) is 0 Å². The van der Waals surface area contributed by atoms with Crippen LogP contribution in [0.3, 0.4) is 0 Å². The van der Waals surface area contributed by atoms with Crippen molar-refractivity contribution in [2.75, 3.05) is 19.6 Å². The summed E-state index contributed by atoms with van der Waals surface area (Å²) in [6.07, 6.45) is 5.92. The summed E-state index contributed by atoms with van der Waals surface area (Å²) in [5.41, 5.74) is 0. The molecular weight excluding hydrogens is 358 g/mol. The third-order valence-electron chi connectivity index (χ3n) is 1.82. The van der Waals surface area contributed by atoms with Crippen LogP contribution in [0.25, 0.3) is 0 Å². The van der Waals surface area contributed by atoms with E-state index in [2.05, 4.69) is 42.7 Å². The molecule has 27 heavy (non-hydrogen) atoms. The molecule has 0 aliphatic carbocycles. The Kier molecular flexibility index (Phi) is 32.9. The van der Waals surface area contributed by atoms with Crippen LogP contribution >= 0.6 is 0 Å². The number of carbonyl (C=O) groups excluding carboxylic acids is 3. The van der Waals surface area contributed by atoms with Crippen molar-refractivity contribution < 1.29 is 34.2 Å². The third kappa shape index (κ3) is 59.9. The first kappa shape index (κ1) is 31.8. The first-order valence-electron chi connectivity index (χ1n) is 8.15. The molecular formula is C17H29N3O7. The van der Waals surface area contributed by atoms with Gasteiger partial charge in [-0.25, -0.2) is 24.4 Å². The van der Waals surface area contributed by atoms with E-state index in [1.807, 2.05) is 0 Å². The summed E-state index contributed by atoms with van der Waals surface area (Å²) in [6, 6.07) is 0. The maximum absolute atomic E-state index is 10.0. The summed E-state index contributed by atoms with van der Waals surface area (Å²) < 4.78 is 0. The molecule has 0 saturated heterocycles. The molecule has 154 valence electrons. The molecule has 0 spiro atoms. The number of hydrogen-bond donors (Lipinski definition) is 2. The van der Waals surface area contributed by atoms with E-state index in [1.54, 1.807) is 0 Å². The van der Waals surface area contributed by atoms with Crippen molar-refractivity contribution in [2.45, 2.75) is 47.5 Å². The van der Waals surface area contributed by atoms with E-state index < -0.39 is 24.4 Å². The van der Waals surface area contributed by atoms with E-state index in [1.165, 1.54) is 19.1 Å². The zero-order valence-corrected chi connectivity index (χ0v) is 16.5. The molecule has 0 rings (SSSR count). The average molecular weight is 387 g/mol. The maximum Gasteiger partial charge on any atom is 0.326 e. The van der Waals surface area contributed by atoms with Crippen LogP contribution in [-0.4, -0.2) is 60.0 Å². The lowest BCUT2D eigenvalue weighted by Crippen LogP contribution is -2.12. The summed E-state index contributed by atoms with van der Waals surface area (Å²) >= 11 is 0. The van der Waals surface area contributed by atoms with Crippen molar-refractivity contribution in [1.82, 2.24) is 0 Å². The lowest BCUT2D eigenvalue weighted by Gasteiger charge is -1.96. The van der Waals surface area contributed by atoms with E-state index in [-0.39, 0.29) is 6.54 Å². The van der Waals surface area contributed by atoms with Crippen LogP contribution in [0.15, 0.2) is 15.0 Å². The Hall–Kier alpha value is -2.92. The molecule has 0 fully saturated rings. The maximum atomic E-state index is 10.0. The van der Waals surface area contributed by atoms with Crippen LogP contribution in [0, 0.1) is 11.8 Å². The van der Waals surface area contributed by atoms with E-state index in [4.69, 9.17) is 15.0 Å². The van der Waals surface area contributed by atoms with Crippen molar-refractivity contribution >= 4 is 30.2 Å². The van der Waals surface area contributed by atoms with Gasteiger partial charge >= 0.3 is 11.9 Å². The van der Waals surface area contributed by atoms with Gasteiger partial charge < -0.3 is 10.2 Å². The minimum absolute atomic E-state index is 0.0127. The van der Waals surface area contributed by atoms with Gasteiger partial charge in [0.2, 0.25) is 18.2 Å². The number of aliphatic imine (C=N–C) groups is 3. The number of isocyanates is 3.